The monoisotopic (exact) mass is 269 g/mol. The largest absolute Gasteiger partial charge is 0.416 e. The molecule has 0 heterocycles. The van der Waals surface area contributed by atoms with Gasteiger partial charge in [-0.15, -0.1) is 0 Å². The summed E-state index contributed by atoms with van der Waals surface area (Å²) in [6.07, 6.45) is -4.29. The highest BCUT2D eigenvalue weighted by Gasteiger charge is 2.29. The van der Waals surface area contributed by atoms with Gasteiger partial charge in [0.05, 0.1) is 5.56 Å². The van der Waals surface area contributed by atoms with Crippen molar-refractivity contribution in [2.75, 3.05) is 5.73 Å². The molecule has 0 aliphatic carbocycles. The van der Waals surface area contributed by atoms with Crippen LogP contribution in [-0.4, -0.2) is 0 Å². The molecule has 0 bridgehead atoms. The van der Waals surface area contributed by atoms with Gasteiger partial charge in [-0.3, -0.25) is 0 Å². The summed E-state index contributed by atoms with van der Waals surface area (Å²) in [5, 5.41) is 0. The lowest BCUT2D eigenvalue weighted by Gasteiger charge is -2.07. The third-order valence-electron chi connectivity index (χ3n) is 2.30. The van der Waals surface area contributed by atoms with E-state index in [9.17, 15) is 13.2 Å². The van der Waals surface area contributed by atoms with Crippen LogP contribution in [0.25, 0.3) is 0 Å². The third-order valence-corrected chi connectivity index (χ3v) is 3.31. The Balaban J connectivity index is 2.13. The molecule has 2 aromatic rings. The van der Waals surface area contributed by atoms with Crippen LogP contribution in [0.2, 0.25) is 0 Å². The van der Waals surface area contributed by atoms with E-state index in [0.29, 0.717) is 5.69 Å². The van der Waals surface area contributed by atoms with Crippen LogP contribution in [0, 0.1) is 0 Å². The van der Waals surface area contributed by atoms with Crippen molar-refractivity contribution < 1.29 is 13.2 Å². The Morgan fingerprint density at radius 1 is 0.778 bits per heavy atom. The maximum absolute atomic E-state index is 12.4. The van der Waals surface area contributed by atoms with E-state index in [1.54, 1.807) is 12.1 Å². The number of alkyl halides is 3. The highest BCUT2D eigenvalue weighted by Crippen LogP contribution is 2.33. The average Bonchev–Trinajstić information content (AvgIpc) is 2.32. The molecule has 0 unspecified atom stereocenters. The van der Waals surface area contributed by atoms with Gasteiger partial charge in [0, 0.05) is 15.5 Å². The topological polar surface area (TPSA) is 26.0 Å². The van der Waals surface area contributed by atoms with Crippen LogP contribution in [0.5, 0.6) is 0 Å². The highest BCUT2D eigenvalue weighted by atomic mass is 32.2. The minimum Gasteiger partial charge on any atom is -0.399 e. The molecule has 18 heavy (non-hydrogen) atoms. The van der Waals surface area contributed by atoms with Crippen LogP contribution < -0.4 is 5.73 Å². The van der Waals surface area contributed by atoms with E-state index >= 15 is 0 Å². The van der Waals surface area contributed by atoms with E-state index in [4.69, 9.17) is 5.73 Å². The summed E-state index contributed by atoms with van der Waals surface area (Å²) in [6.45, 7) is 0. The molecule has 0 radical (unpaired) electrons. The number of halogens is 3. The maximum Gasteiger partial charge on any atom is 0.416 e. The standard InChI is InChI=1S/C13H10F3NS/c14-13(15,16)9-1-5-11(6-2-9)18-12-7-3-10(17)4-8-12/h1-8H,17H2. The van der Waals surface area contributed by atoms with Crippen molar-refractivity contribution in [3.05, 3.63) is 54.1 Å². The van der Waals surface area contributed by atoms with E-state index in [2.05, 4.69) is 0 Å². The summed E-state index contributed by atoms with van der Waals surface area (Å²) in [5.41, 5.74) is 5.58. The lowest BCUT2D eigenvalue weighted by Crippen LogP contribution is -2.03. The van der Waals surface area contributed by atoms with Gasteiger partial charge in [-0.2, -0.15) is 13.2 Å². The molecule has 2 rings (SSSR count). The molecule has 0 atom stereocenters. The van der Waals surface area contributed by atoms with Crippen molar-refractivity contribution in [2.24, 2.45) is 0 Å². The number of rotatable bonds is 2. The molecule has 0 aliphatic rings. The fraction of sp³-hybridized carbons (Fsp3) is 0.0769. The predicted molar refractivity (Wildman–Crippen MR) is 66.4 cm³/mol. The molecule has 0 fully saturated rings. The van der Waals surface area contributed by atoms with Crippen molar-refractivity contribution in [1.82, 2.24) is 0 Å². The minimum absolute atomic E-state index is 0.635. The fourth-order valence-corrected chi connectivity index (χ4v) is 2.20. The quantitative estimate of drug-likeness (QED) is 0.816. The van der Waals surface area contributed by atoms with Crippen LogP contribution in [0.4, 0.5) is 18.9 Å². The van der Waals surface area contributed by atoms with Crippen LogP contribution in [0.3, 0.4) is 0 Å². The summed E-state index contributed by atoms with van der Waals surface area (Å²) in [6, 6.07) is 12.3. The van der Waals surface area contributed by atoms with Crippen molar-refractivity contribution in [1.29, 1.82) is 0 Å². The van der Waals surface area contributed by atoms with Crippen molar-refractivity contribution in [3.63, 3.8) is 0 Å². The molecule has 0 saturated heterocycles. The lowest BCUT2D eigenvalue weighted by molar-refractivity contribution is -0.137. The van der Waals surface area contributed by atoms with Crippen LogP contribution in [0.15, 0.2) is 58.3 Å². The Morgan fingerprint density at radius 2 is 1.22 bits per heavy atom. The molecule has 1 nitrogen and oxygen atoms in total. The van der Waals surface area contributed by atoms with Crippen LogP contribution >= 0.6 is 11.8 Å². The van der Waals surface area contributed by atoms with E-state index < -0.39 is 11.7 Å². The van der Waals surface area contributed by atoms with E-state index in [0.717, 1.165) is 21.9 Å². The summed E-state index contributed by atoms with van der Waals surface area (Å²) >= 11 is 1.39. The first-order valence-electron chi connectivity index (χ1n) is 5.16. The number of benzene rings is 2. The second kappa shape index (κ2) is 4.94. The molecule has 0 amide bonds. The minimum atomic E-state index is -4.29. The molecular weight excluding hydrogens is 259 g/mol. The van der Waals surface area contributed by atoms with Gasteiger partial charge in [-0.25, -0.2) is 0 Å². The van der Waals surface area contributed by atoms with Crippen molar-refractivity contribution >= 4 is 17.4 Å². The Labute approximate surface area is 107 Å². The smallest absolute Gasteiger partial charge is 0.399 e. The zero-order chi connectivity index (χ0) is 13.2. The summed E-state index contributed by atoms with van der Waals surface area (Å²) in [4.78, 5) is 1.69. The Bertz CT molecular complexity index is 517. The number of hydrogen-bond donors (Lipinski definition) is 1. The molecule has 0 spiro atoms. The lowest BCUT2D eigenvalue weighted by atomic mass is 10.2. The highest BCUT2D eigenvalue weighted by molar-refractivity contribution is 7.99. The van der Waals surface area contributed by atoms with E-state index in [-0.39, 0.29) is 0 Å². The Kier molecular flexibility index (Phi) is 3.52. The summed E-state index contributed by atoms with van der Waals surface area (Å²) in [7, 11) is 0. The van der Waals surface area contributed by atoms with Gasteiger partial charge in [-0.1, -0.05) is 11.8 Å². The van der Waals surface area contributed by atoms with Gasteiger partial charge in [0.2, 0.25) is 0 Å². The van der Waals surface area contributed by atoms with Gasteiger partial charge in [-0.05, 0) is 48.5 Å². The Morgan fingerprint density at radius 3 is 1.67 bits per heavy atom. The summed E-state index contributed by atoms with van der Waals surface area (Å²) < 4.78 is 37.1. The molecular formula is C13H10F3NS. The first-order chi connectivity index (χ1) is 8.45. The second-order valence-electron chi connectivity index (χ2n) is 3.69. The average molecular weight is 269 g/mol. The van der Waals surface area contributed by atoms with Gasteiger partial charge in [0.25, 0.3) is 0 Å². The van der Waals surface area contributed by atoms with Gasteiger partial charge >= 0.3 is 6.18 Å². The van der Waals surface area contributed by atoms with Crippen molar-refractivity contribution in [3.8, 4) is 0 Å². The molecule has 0 saturated carbocycles. The number of nitrogen functional groups attached to an aromatic ring is 1. The molecule has 0 aliphatic heterocycles. The maximum atomic E-state index is 12.4. The number of anilines is 1. The molecule has 94 valence electrons. The SMILES string of the molecule is Nc1ccc(Sc2ccc(C(F)(F)F)cc2)cc1. The first kappa shape index (κ1) is 12.8. The molecule has 2 N–H and O–H groups in total. The second-order valence-corrected chi connectivity index (χ2v) is 4.84. The Hall–Kier alpha value is -1.62. The zero-order valence-electron chi connectivity index (χ0n) is 9.24. The molecule has 2 aromatic carbocycles. The zero-order valence-corrected chi connectivity index (χ0v) is 10.1. The predicted octanol–water partition coefficient (Wildman–Crippen LogP) is 4.44. The van der Waals surface area contributed by atoms with Gasteiger partial charge in [0.15, 0.2) is 0 Å². The van der Waals surface area contributed by atoms with Crippen molar-refractivity contribution in [2.45, 2.75) is 16.0 Å². The summed E-state index contributed by atoms with van der Waals surface area (Å²) in [5.74, 6) is 0. The van der Waals surface area contributed by atoms with Crippen LogP contribution in [-0.2, 0) is 6.18 Å². The first-order valence-corrected chi connectivity index (χ1v) is 5.97. The number of hydrogen-bond acceptors (Lipinski definition) is 2. The van der Waals surface area contributed by atoms with Gasteiger partial charge in [0.1, 0.15) is 0 Å². The van der Waals surface area contributed by atoms with Crippen LogP contribution in [0.1, 0.15) is 5.56 Å². The normalized spacial score (nSPS) is 11.5. The van der Waals surface area contributed by atoms with Gasteiger partial charge < -0.3 is 5.73 Å². The van der Waals surface area contributed by atoms with E-state index in [1.165, 1.54) is 23.9 Å². The molecule has 0 aromatic heterocycles. The fourth-order valence-electron chi connectivity index (χ4n) is 1.38. The third kappa shape index (κ3) is 3.20. The molecule has 5 heteroatoms. The number of nitrogens with two attached hydrogens (primary N) is 1. The van der Waals surface area contributed by atoms with E-state index in [1.807, 2.05) is 12.1 Å².